The van der Waals surface area contributed by atoms with Crippen LogP contribution in [-0.4, -0.2) is 71.6 Å². The molecule has 0 unspecified atom stereocenters. The number of amides is 3. The second-order valence-electron chi connectivity index (χ2n) is 12.8. The SMILES string of the molecule is CCN(C(N)=O)c1cccc2c1ccn2C1CCN(CCC2CCN(/C(N)=C/C=C(\N)C(=O)NC3CCCCC3)CC2)CC1. The number of urea groups is 1. The van der Waals surface area contributed by atoms with Crippen LogP contribution < -0.4 is 27.4 Å². The minimum atomic E-state index is -0.417. The number of nitrogens with two attached hydrogens (primary N) is 3. The van der Waals surface area contributed by atoms with Gasteiger partial charge in [-0.1, -0.05) is 25.3 Å². The van der Waals surface area contributed by atoms with Crippen LogP contribution in [0.3, 0.4) is 0 Å². The lowest BCUT2D eigenvalue weighted by Gasteiger charge is -2.36. The van der Waals surface area contributed by atoms with Gasteiger partial charge >= 0.3 is 6.03 Å². The van der Waals surface area contributed by atoms with Crippen molar-refractivity contribution >= 4 is 28.5 Å². The summed E-state index contributed by atoms with van der Waals surface area (Å²) in [6.07, 6.45) is 17.0. The number of hydrogen-bond donors (Lipinski definition) is 4. The van der Waals surface area contributed by atoms with Crippen molar-refractivity contribution in [3.05, 3.63) is 54.1 Å². The second kappa shape index (κ2) is 14.9. The van der Waals surface area contributed by atoms with Crippen molar-refractivity contribution in [1.29, 1.82) is 0 Å². The Morgan fingerprint density at radius 2 is 1.66 bits per heavy atom. The smallest absolute Gasteiger partial charge is 0.319 e. The third-order valence-corrected chi connectivity index (χ3v) is 10.0. The standard InChI is InChI=1S/C34H52N8O2/c1-2-41(34(37)44)30-9-6-10-31-28(30)18-24-42(31)27-16-20-39(21-17-27)19-13-25-14-22-40(23-15-25)32(36)12-11-29(35)33(43)38-26-7-4-3-5-8-26/h6,9-12,18,24-27H,2-5,7-8,13-17,19-23,35-36H2,1H3,(H2,37,44)(H,38,43)/b29-11-,32-12+. The van der Waals surface area contributed by atoms with Crippen molar-refractivity contribution in [1.82, 2.24) is 19.7 Å². The zero-order valence-corrected chi connectivity index (χ0v) is 26.4. The summed E-state index contributed by atoms with van der Waals surface area (Å²) >= 11 is 0. The fraction of sp³-hybridized carbons (Fsp3) is 0.588. The lowest BCUT2D eigenvalue weighted by molar-refractivity contribution is -0.118. The maximum Gasteiger partial charge on any atom is 0.319 e. The Morgan fingerprint density at radius 3 is 2.34 bits per heavy atom. The third kappa shape index (κ3) is 7.70. The largest absolute Gasteiger partial charge is 0.394 e. The monoisotopic (exact) mass is 604 g/mol. The van der Waals surface area contributed by atoms with E-state index in [1.54, 1.807) is 17.1 Å². The summed E-state index contributed by atoms with van der Waals surface area (Å²) in [5.74, 6) is 1.20. The molecule has 0 atom stereocenters. The van der Waals surface area contributed by atoms with Crippen LogP contribution in [0.15, 0.2) is 54.1 Å². The molecule has 10 heteroatoms. The van der Waals surface area contributed by atoms with E-state index in [4.69, 9.17) is 17.2 Å². The maximum absolute atomic E-state index is 12.4. The van der Waals surface area contributed by atoms with Crippen LogP contribution >= 0.6 is 0 Å². The highest BCUT2D eigenvalue weighted by Gasteiger charge is 2.25. The molecule has 240 valence electrons. The summed E-state index contributed by atoms with van der Waals surface area (Å²) in [6.45, 7) is 7.71. The molecule has 0 spiro atoms. The van der Waals surface area contributed by atoms with Gasteiger partial charge in [-0.05, 0) is 94.7 Å². The van der Waals surface area contributed by atoms with E-state index in [1.165, 1.54) is 31.2 Å². The molecule has 2 aromatic rings. The number of allylic oxidation sites excluding steroid dienone is 2. The number of carbonyl (C=O) groups excluding carboxylic acids is 2. The van der Waals surface area contributed by atoms with Gasteiger partial charge in [0.05, 0.1) is 22.7 Å². The lowest BCUT2D eigenvalue weighted by Crippen LogP contribution is -2.39. The highest BCUT2D eigenvalue weighted by atomic mass is 16.2. The Labute approximate surface area is 262 Å². The number of likely N-dealkylation sites (tertiary alicyclic amines) is 2. The van der Waals surface area contributed by atoms with E-state index in [9.17, 15) is 9.59 Å². The van der Waals surface area contributed by atoms with Crippen molar-refractivity contribution in [2.24, 2.45) is 23.1 Å². The first-order chi connectivity index (χ1) is 21.3. The third-order valence-electron chi connectivity index (χ3n) is 10.0. The molecule has 0 bridgehead atoms. The number of anilines is 1. The molecule has 2 saturated heterocycles. The number of hydrogen-bond acceptors (Lipinski definition) is 6. The number of nitrogens with one attached hydrogen (secondary N) is 1. The number of nitrogens with zero attached hydrogens (tertiary/aromatic N) is 4. The van der Waals surface area contributed by atoms with Crippen LogP contribution in [0.5, 0.6) is 0 Å². The van der Waals surface area contributed by atoms with Gasteiger partial charge < -0.3 is 36.9 Å². The van der Waals surface area contributed by atoms with Gasteiger partial charge in [0, 0.05) is 56.4 Å². The molecule has 3 fully saturated rings. The predicted octanol–water partition coefficient (Wildman–Crippen LogP) is 4.38. The van der Waals surface area contributed by atoms with Crippen LogP contribution in [0.4, 0.5) is 10.5 Å². The van der Waals surface area contributed by atoms with Crippen LogP contribution in [-0.2, 0) is 4.79 Å². The molecule has 2 aliphatic heterocycles. The Hall–Kier alpha value is -3.66. The Balaban J connectivity index is 1.04. The quantitative estimate of drug-likeness (QED) is 0.235. The van der Waals surface area contributed by atoms with Crippen molar-refractivity contribution < 1.29 is 9.59 Å². The van der Waals surface area contributed by atoms with Gasteiger partial charge in [0.1, 0.15) is 0 Å². The number of aromatic nitrogens is 1. The number of rotatable bonds is 10. The van der Waals surface area contributed by atoms with Gasteiger partial charge in [-0.25, -0.2) is 4.79 Å². The second-order valence-corrected chi connectivity index (χ2v) is 12.8. The summed E-state index contributed by atoms with van der Waals surface area (Å²) in [5, 5.41) is 4.14. The summed E-state index contributed by atoms with van der Waals surface area (Å²) in [6, 6.07) is 8.55. The molecule has 44 heavy (non-hydrogen) atoms. The average molecular weight is 605 g/mol. The van der Waals surface area contributed by atoms with Gasteiger partial charge in [0.15, 0.2) is 0 Å². The average Bonchev–Trinajstić information content (AvgIpc) is 3.48. The molecule has 3 aliphatic rings. The van der Waals surface area contributed by atoms with Gasteiger partial charge in [-0.15, -0.1) is 0 Å². The zero-order chi connectivity index (χ0) is 31.1. The molecule has 1 aromatic carbocycles. The van der Waals surface area contributed by atoms with Crippen molar-refractivity contribution in [3.63, 3.8) is 0 Å². The Kier molecular flexibility index (Phi) is 10.7. The van der Waals surface area contributed by atoms with E-state index < -0.39 is 6.03 Å². The number of piperidine rings is 2. The Morgan fingerprint density at radius 1 is 0.932 bits per heavy atom. The molecule has 1 saturated carbocycles. The van der Waals surface area contributed by atoms with Gasteiger partial charge in [0.2, 0.25) is 0 Å². The minimum absolute atomic E-state index is 0.192. The molecule has 3 heterocycles. The molecule has 1 aliphatic carbocycles. The fourth-order valence-electron chi connectivity index (χ4n) is 7.31. The Bertz CT molecular complexity index is 1330. The molecule has 0 radical (unpaired) electrons. The lowest BCUT2D eigenvalue weighted by atomic mass is 9.93. The maximum atomic E-state index is 12.4. The van der Waals surface area contributed by atoms with Crippen molar-refractivity contribution in [3.8, 4) is 0 Å². The molecule has 1 aromatic heterocycles. The fourth-order valence-corrected chi connectivity index (χ4v) is 7.31. The van der Waals surface area contributed by atoms with E-state index in [1.807, 2.05) is 19.1 Å². The highest BCUT2D eigenvalue weighted by Crippen LogP contribution is 2.33. The summed E-state index contributed by atoms with van der Waals surface area (Å²) in [4.78, 5) is 30.9. The first-order valence-corrected chi connectivity index (χ1v) is 16.7. The van der Waals surface area contributed by atoms with E-state index >= 15 is 0 Å². The van der Waals surface area contributed by atoms with E-state index in [-0.39, 0.29) is 17.6 Å². The number of fused-ring (bicyclic) bond motifs is 1. The van der Waals surface area contributed by atoms with E-state index in [2.05, 4.69) is 38.0 Å². The molecule has 5 rings (SSSR count). The number of primary amides is 1. The van der Waals surface area contributed by atoms with Gasteiger partial charge in [-0.2, -0.15) is 0 Å². The number of carbonyl (C=O) groups is 2. The van der Waals surface area contributed by atoms with Crippen molar-refractivity contribution in [2.75, 3.05) is 44.2 Å². The number of benzene rings is 1. The molecule has 10 nitrogen and oxygen atoms in total. The molecule has 7 N–H and O–H groups in total. The van der Waals surface area contributed by atoms with Crippen molar-refractivity contribution in [2.45, 2.75) is 83.2 Å². The highest BCUT2D eigenvalue weighted by molar-refractivity contribution is 6.02. The zero-order valence-electron chi connectivity index (χ0n) is 26.4. The molecule has 3 amide bonds. The van der Waals surface area contributed by atoms with Gasteiger partial charge in [0.25, 0.3) is 5.91 Å². The van der Waals surface area contributed by atoms with Crippen LogP contribution in [0.25, 0.3) is 10.9 Å². The summed E-state index contributed by atoms with van der Waals surface area (Å²) in [7, 11) is 0. The summed E-state index contributed by atoms with van der Waals surface area (Å²) < 4.78 is 2.39. The molecular weight excluding hydrogens is 552 g/mol. The predicted molar refractivity (Wildman–Crippen MR) is 178 cm³/mol. The van der Waals surface area contributed by atoms with Crippen LogP contribution in [0, 0.1) is 5.92 Å². The first kappa shape index (κ1) is 31.8. The van der Waals surface area contributed by atoms with E-state index in [0.717, 1.165) is 82.3 Å². The molecular formula is C34H52N8O2. The first-order valence-electron chi connectivity index (χ1n) is 16.7. The van der Waals surface area contributed by atoms with Gasteiger partial charge in [-0.3, -0.25) is 9.69 Å². The normalized spacial score (nSPS) is 20.2. The van der Waals surface area contributed by atoms with E-state index in [0.29, 0.717) is 24.3 Å². The van der Waals surface area contributed by atoms with Crippen LogP contribution in [0.2, 0.25) is 0 Å². The van der Waals surface area contributed by atoms with Crippen LogP contribution in [0.1, 0.15) is 77.2 Å². The summed E-state index contributed by atoms with van der Waals surface area (Å²) in [5.41, 5.74) is 20.3. The topological polar surface area (TPSA) is 139 Å². The minimum Gasteiger partial charge on any atom is -0.394 e.